The van der Waals surface area contributed by atoms with Crippen LogP contribution in [-0.2, 0) is 10.1 Å². The lowest BCUT2D eigenvalue weighted by molar-refractivity contribution is -0.384. The van der Waals surface area contributed by atoms with Crippen LogP contribution in [-0.4, -0.2) is 13.3 Å². The van der Waals surface area contributed by atoms with E-state index in [0.717, 1.165) is 30.3 Å². The van der Waals surface area contributed by atoms with Gasteiger partial charge in [0, 0.05) is 18.2 Å². The molecular formula is C12H6Cl3NO5S. The van der Waals surface area contributed by atoms with Crippen molar-refractivity contribution in [2.24, 2.45) is 0 Å². The van der Waals surface area contributed by atoms with Gasteiger partial charge >= 0.3 is 10.1 Å². The molecule has 116 valence electrons. The molecule has 0 aliphatic rings. The second kappa shape index (κ2) is 6.29. The van der Waals surface area contributed by atoms with Crippen LogP contribution in [0.3, 0.4) is 0 Å². The van der Waals surface area contributed by atoms with E-state index in [-0.39, 0.29) is 31.4 Å². The van der Waals surface area contributed by atoms with Gasteiger partial charge in [0.2, 0.25) is 0 Å². The molecule has 0 saturated carbocycles. The van der Waals surface area contributed by atoms with Gasteiger partial charge in [-0.15, -0.1) is 0 Å². The molecule has 0 heterocycles. The minimum absolute atomic E-state index is 0.0418. The Morgan fingerprint density at radius 1 is 0.955 bits per heavy atom. The van der Waals surface area contributed by atoms with E-state index in [1.54, 1.807) is 0 Å². The second-order valence-corrected chi connectivity index (χ2v) is 6.75. The number of rotatable bonds is 4. The largest absolute Gasteiger partial charge is 0.377 e. The van der Waals surface area contributed by atoms with Crippen LogP contribution in [0, 0.1) is 10.1 Å². The molecule has 0 spiro atoms. The zero-order valence-corrected chi connectivity index (χ0v) is 13.6. The molecule has 0 atom stereocenters. The molecule has 2 rings (SSSR count). The Kier molecular flexibility index (Phi) is 4.81. The van der Waals surface area contributed by atoms with Crippen LogP contribution >= 0.6 is 34.8 Å². The average molecular weight is 383 g/mol. The van der Waals surface area contributed by atoms with Crippen LogP contribution in [0.2, 0.25) is 15.1 Å². The number of nitrogens with zero attached hydrogens (tertiary/aromatic N) is 1. The number of nitro benzene ring substituents is 1. The van der Waals surface area contributed by atoms with Gasteiger partial charge in [0.05, 0.1) is 20.0 Å². The highest BCUT2D eigenvalue weighted by Gasteiger charge is 2.20. The lowest BCUT2D eigenvalue weighted by Crippen LogP contribution is -2.10. The summed E-state index contributed by atoms with van der Waals surface area (Å²) >= 11 is 17.4. The summed E-state index contributed by atoms with van der Waals surface area (Å²) in [5.41, 5.74) is -0.244. The lowest BCUT2D eigenvalue weighted by atomic mass is 10.3. The third-order valence-electron chi connectivity index (χ3n) is 2.51. The normalized spacial score (nSPS) is 11.2. The van der Waals surface area contributed by atoms with Gasteiger partial charge in [0.1, 0.15) is 4.90 Å². The van der Waals surface area contributed by atoms with Gasteiger partial charge in [-0.3, -0.25) is 10.1 Å². The van der Waals surface area contributed by atoms with Crippen molar-refractivity contribution in [1.82, 2.24) is 0 Å². The van der Waals surface area contributed by atoms with Crippen LogP contribution in [0.4, 0.5) is 5.69 Å². The van der Waals surface area contributed by atoms with Crippen molar-refractivity contribution >= 4 is 50.6 Å². The van der Waals surface area contributed by atoms with Gasteiger partial charge in [-0.25, -0.2) is 0 Å². The van der Waals surface area contributed by atoms with Crippen LogP contribution < -0.4 is 4.18 Å². The molecule has 0 fully saturated rings. The quantitative estimate of drug-likeness (QED) is 0.340. The van der Waals surface area contributed by atoms with E-state index in [9.17, 15) is 18.5 Å². The Labute approximate surface area is 140 Å². The van der Waals surface area contributed by atoms with Crippen molar-refractivity contribution in [2.75, 3.05) is 0 Å². The second-order valence-electron chi connectivity index (χ2n) is 3.99. The summed E-state index contributed by atoms with van der Waals surface area (Å²) in [6.07, 6.45) is 0. The molecule has 2 aromatic carbocycles. The SMILES string of the molecule is O=[N+]([O-])c1ccc(S(=O)(=O)Oc2cc(Cl)c(Cl)cc2Cl)cc1. The van der Waals surface area contributed by atoms with E-state index in [4.69, 9.17) is 39.0 Å². The summed E-state index contributed by atoms with van der Waals surface area (Å²) in [7, 11) is -4.22. The van der Waals surface area contributed by atoms with Gasteiger partial charge in [0.25, 0.3) is 5.69 Å². The lowest BCUT2D eigenvalue weighted by Gasteiger charge is -2.09. The fraction of sp³-hybridized carbons (Fsp3) is 0. The molecule has 0 saturated heterocycles. The maximum Gasteiger partial charge on any atom is 0.339 e. The van der Waals surface area contributed by atoms with Crippen LogP contribution in [0.1, 0.15) is 0 Å². The molecular weight excluding hydrogens is 377 g/mol. The predicted octanol–water partition coefficient (Wildman–Crippen LogP) is 4.32. The van der Waals surface area contributed by atoms with Crippen molar-refractivity contribution in [2.45, 2.75) is 4.90 Å². The van der Waals surface area contributed by atoms with Gasteiger partial charge in [-0.2, -0.15) is 8.42 Å². The van der Waals surface area contributed by atoms with Crippen LogP contribution in [0.15, 0.2) is 41.3 Å². The molecule has 0 bridgehead atoms. The first-order chi connectivity index (χ1) is 10.2. The Hall–Kier alpha value is -1.54. The first kappa shape index (κ1) is 16.8. The molecule has 2 aromatic rings. The third-order valence-corrected chi connectivity index (χ3v) is 4.78. The Balaban J connectivity index is 2.35. The number of nitro groups is 1. The first-order valence-corrected chi connectivity index (χ1v) is 8.08. The maximum atomic E-state index is 12.1. The van der Waals surface area contributed by atoms with Crippen molar-refractivity contribution in [3.63, 3.8) is 0 Å². The Morgan fingerprint density at radius 2 is 1.50 bits per heavy atom. The predicted molar refractivity (Wildman–Crippen MR) is 82.4 cm³/mol. The van der Waals surface area contributed by atoms with Gasteiger partial charge in [0.15, 0.2) is 5.75 Å². The number of hydrogen-bond donors (Lipinski definition) is 0. The summed E-state index contributed by atoms with van der Waals surface area (Å²) in [4.78, 5) is 9.64. The zero-order chi connectivity index (χ0) is 16.5. The minimum atomic E-state index is -4.22. The molecule has 10 heteroatoms. The zero-order valence-electron chi connectivity index (χ0n) is 10.5. The summed E-state index contributed by atoms with van der Waals surface area (Å²) < 4.78 is 29.1. The number of benzene rings is 2. The molecule has 22 heavy (non-hydrogen) atoms. The first-order valence-electron chi connectivity index (χ1n) is 5.54. The number of non-ortho nitro benzene ring substituents is 1. The van der Waals surface area contributed by atoms with E-state index in [2.05, 4.69) is 0 Å². The summed E-state index contributed by atoms with van der Waals surface area (Å²) in [5.74, 6) is -0.200. The molecule has 0 N–H and O–H groups in total. The van der Waals surface area contributed by atoms with E-state index in [1.807, 2.05) is 0 Å². The highest BCUT2D eigenvalue weighted by Crippen LogP contribution is 2.35. The van der Waals surface area contributed by atoms with Crippen LogP contribution in [0.5, 0.6) is 5.75 Å². The molecule has 0 aliphatic carbocycles. The smallest absolute Gasteiger partial charge is 0.339 e. The van der Waals surface area contributed by atoms with E-state index in [1.165, 1.54) is 6.07 Å². The van der Waals surface area contributed by atoms with Crippen molar-refractivity contribution in [3.05, 3.63) is 61.6 Å². The summed E-state index contributed by atoms with van der Waals surface area (Å²) in [6.45, 7) is 0. The molecule has 0 unspecified atom stereocenters. The Bertz CT molecular complexity index is 837. The van der Waals surface area contributed by atoms with E-state index >= 15 is 0 Å². The van der Waals surface area contributed by atoms with Gasteiger partial charge < -0.3 is 4.18 Å². The number of hydrogen-bond acceptors (Lipinski definition) is 5. The molecule has 0 aliphatic heterocycles. The molecule has 0 aromatic heterocycles. The van der Waals surface area contributed by atoms with Crippen LogP contribution in [0.25, 0.3) is 0 Å². The minimum Gasteiger partial charge on any atom is -0.377 e. The van der Waals surface area contributed by atoms with Crippen molar-refractivity contribution in [3.8, 4) is 5.75 Å². The third kappa shape index (κ3) is 3.61. The Morgan fingerprint density at radius 3 is 2.05 bits per heavy atom. The standard InChI is InChI=1S/C12H6Cl3NO5S/c13-9-5-11(15)12(6-10(9)14)21-22(19,20)8-3-1-7(2-4-8)16(17)18/h1-6H. The van der Waals surface area contributed by atoms with Crippen molar-refractivity contribution in [1.29, 1.82) is 0 Å². The number of halogens is 3. The fourth-order valence-electron chi connectivity index (χ4n) is 1.47. The van der Waals surface area contributed by atoms with Gasteiger partial charge in [-0.1, -0.05) is 34.8 Å². The van der Waals surface area contributed by atoms with E-state index < -0.39 is 15.0 Å². The summed E-state index contributed by atoms with van der Waals surface area (Å²) in [6, 6.07) is 6.61. The highest BCUT2D eigenvalue weighted by molar-refractivity contribution is 7.87. The topological polar surface area (TPSA) is 86.5 Å². The molecule has 0 radical (unpaired) electrons. The highest BCUT2D eigenvalue weighted by atomic mass is 35.5. The molecule has 0 amide bonds. The van der Waals surface area contributed by atoms with E-state index in [0.29, 0.717) is 0 Å². The average Bonchev–Trinajstić information content (AvgIpc) is 2.44. The molecule has 6 nitrogen and oxygen atoms in total. The summed E-state index contributed by atoms with van der Waals surface area (Å²) in [5, 5.41) is 10.7. The maximum absolute atomic E-state index is 12.1. The fourth-order valence-corrected chi connectivity index (χ4v) is 3.03. The van der Waals surface area contributed by atoms with Gasteiger partial charge in [-0.05, 0) is 18.2 Å². The monoisotopic (exact) mass is 381 g/mol. The van der Waals surface area contributed by atoms with Crippen molar-refractivity contribution < 1.29 is 17.5 Å².